The molecular weight excluding hydrogens is 248 g/mol. The molecular formula is C17H34N2O. The van der Waals surface area contributed by atoms with Crippen molar-refractivity contribution < 1.29 is 5.11 Å². The van der Waals surface area contributed by atoms with Crippen molar-refractivity contribution in [2.24, 2.45) is 5.92 Å². The second kappa shape index (κ2) is 9.75. The Morgan fingerprint density at radius 3 is 2.50 bits per heavy atom. The lowest BCUT2D eigenvalue weighted by Crippen LogP contribution is -2.50. The molecule has 1 saturated carbocycles. The first kappa shape index (κ1) is 16.3. The van der Waals surface area contributed by atoms with E-state index in [2.05, 4.69) is 10.6 Å². The molecule has 3 unspecified atom stereocenters. The fraction of sp³-hybridized carbons (Fsp3) is 1.00. The minimum Gasteiger partial charge on any atom is -0.396 e. The molecule has 0 amide bonds. The Bertz CT molecular complexity index is 241. The van der Waals surface area contributed by atoms with E-state index in [-0.39, 0.29) is 0 Å². The zero-order chi connectivity index (χ0) is 14.0. The van der Waals surface area contributed by atoms with E-state index in [4.69, 9.17) is 5.11 Å². The van der Waals surface area contributed by atoms with Gasteiger partial charge in [-0.15, -0.1) is 0 Å². The number of aliphatic hydroxyl groups is 1. The van der Waals surface area contributed by atoms with Crippen LogP contribution in [0.2, 0.25) is 0 Å². The molecule has 1 aliphatic carbocycles. The fourth-order valence-corrected chi connectivity index (χ4v) is 4.02. The van der Waals surface area contributed by atoms with Gasteiger partial charge in [-0.25, -0.2) is 0 Å². The average molecular weight is 282 g/mol. The third-order valence-corrected chi connectivity index (χ3v) is 5.18. The highest BCUT2D eigenvalue weighted by Crippen LogP contribution is 2.30. The monoisotopic (exact) mass is 282 g/mol. The number of unbranched alkanes of at least 4 members (excludes halogenated alkanes) is 3. The van der Waals surface area contributed by atoms with E-state index in [1.807, 2.05) is 0 Å². The lowest BCUT2D eigenvalue weighted by molar-refractivity contribution is 0.181. The van der Waals surface area contributed by atoms with Gasteiger partial charge in [0.15, 0.2) is 0 Å². The number of nitrogens with one attached hydrogen (secondary N) is 2. The van der Waals surface area contributed by atoms with Gasteiger partial charge < -0.3 is 15.7 Å². The summed E-state index contributed by atoms with van der Waals surface area (Å²) >= 11 is 0. The molecule has 20 heavy (non-hydrogen) atoms. The molecule has 0 aromatic rings. The summed E-state index contributed by atoms with van der Waals surface area (Å²) in [6, 6.07) is 1.52. The van der Waals surface area contributed by atoms with Gasteiger partial charge in [0.05, 0.1) is 0 Å². The fourth-order valence-electron chi connectivity index (χ4n) is 4.02. The van der Waals surface area contributed by atoms with Crippen molar-refractivity contribution in [3.05, 3.63) is 0 Å². The second-order valence-electron chi connectivity index (χ2n) is 6.70. The molecule has 3 heteroatoms. The first-order valence-electron chi connectivity index (χ1n) is 8.99. The molecule has 118 valence electrons. The Kier molecular flexibility index (Phi) is 7.92. The van der Waals surface area contributed by atoms with Crippen LogP contribution in [0.1, 0.15) is 70.6 Å². The van der Waals surface area contributed by atoms with E-state index in [0.717, 1.165) is 24.4 Å². The Morgan fingerprint density at radius 2 is 1.70 bits per heavy atom. The van der Waals surface area contributed by atoms with E-state index in [9.17, 15) is 0 Å². The predicted octanol–water partition coefficient (Wildman–Crippen LogP) is 2.83. The highest BCUT2D eigenvalue weighted by molar-refractivity contribution is 4.90. The van der Waals surface area contributed by atoms with Crippen molar-refractivity contribution in [3.63, 3.8) is 0 Å². The van der Waals surface area contributed by atoms with Gasteiger partial charge in [-0.2, -0.15) is 0 Å². The van der Waals surface area contributed by atoms with Gasteiger partial charge in [-0.1, -0.05) is 32.1 Å². The van der Waals surface area contributed by atoms with Crippen molar-refractivity contribution in [1.82, 2.24) is 10.6 Å². The molecule has 3 nitrogen and oxygen atoms in total. The molecule has 0 bridgehead atoms. The van der Waals surface area contributed by atoms with Gasteiger partial charge in [0, 0.05) is 18.7 Å². The van der Waals surface area contributed by atoms with Gasteiger partial charge >= 0.3 is 0 Å². The molecule has 3 atom stereocenters. The van der Waals surface area contributed by atoms with Crippen molar-refractivity contribution in [3.8, 4) is 0 Å². The van der Waals surface area contributed by atoms with E-state index in [0.29, 0.717) is 6.61 Å². The van der Waals surface area contributed by atoms with Crippen LogP contribution in [-0.4, -0.2) is 36.9 Å². The standard InChI is InChI=1S/C17H34N2O/c20-14-8-2-1-6-12-18-16-10-4-3-9-15(16)17-11-5-7-13-19-17/h15-20H,1-14H2. The first-order chi connectivity index (χ1) is 9.92. The minimum absolute atomic E-state index is 0.353. The van der Waals surface area contributed by atoms with Crippen LogP contribution in [0.4, 0.5) is 0 Å². The van der Waals surface area contributed by atoms with Crippen molar-refractivity contribution in [2.45, 2.75) is 82.7 Å². The third-order valence-electron chi connectivity index (χ3n) is 5.18. The number of rotatable bonds is 8. The molecule has 1 aliphatic heterocycles. The second-order valence-corrected chi connectivity index (χ2v) is 6.70. The van der Waals surface area contributed by atoms with Gasteiger partial charge in [-0.05, 0) is 57.5 Å². The molecule has 2 fully saturated rings. The lowest BCUT2D eigenvalue weighted by atomic mass is 9.77. The topological polar surface area (TPSA) is 44.3 Å². The van der Waals surface area contributed by atoms with Crippen LogP contribution in [0.5, 0.6) is 0 Å². The summed E-state index contributed by atoms with van der Waals surface area (Å²) in [6.45, 7) is 2.75. The Morgan fingerprint density at radius 1 is 0.900 bits per heavy atom. The van der Waals surface area contributed by atoms with Crippen molar-refractivity contribution in [1.29, 1.82) is 0 Å². The molecule has 0 radical (unpaired) electrons. The summed E-state index contributed by atoms with van der Waals surface area (Å²) in [5.74, 6) is 0.862. The van der Waals surface area contributed by atoms with E-state index < -0.39 is 0 Å². The summed E-state index contributed by atoms with van der Waals surface area (Å²) < 4.78 is 0. The van der Waals surface area contributed by atoms with E-state index in [1.165, 1.54) is 77.3 Å². The molecule has 1 saturated heterocycles. The van der Waals surface area contributed by atoms with Crippen molar-refractivity contribution >= 4 is 0 Å². The van der Waals surface area contributed by atoms with Crippen LogP contribution in [0, 0.1) is 5.92 Å². The smallest absolute Gasteiger partial charge is 0.0431 e. The molecule has 0 spiro atoms. The minimum atomic E-state index is 0.353. The maximum Gasteiger partial charge on any atom is 0.0431 e. The van der Waals surface area contributed by atoms with Crippen LogP contribution in [-0.2, 0) is 0 Å². The summed E-state index contributed by atoms with van der Waals surface area (Å²) in [5.41, 5.74) is 0. The highest BCUT2D eigenvalue weighted by atomic mass is 16.2. The molecule has 2 rings (SSSR count). The molecule has 0 aromatic carbocycles. The quantitative estimate of drug-likeness (QED) is 0.600. The van der Waals surface area contributed by atoms with Crippen LogP contribution in [0.25, 0.3) is 0 Å². The van der Waals surface area contributed by atoms with Gasteiger partial charge in [0.2, 0.25) is 0 Å². The zero-order valence-electron chi connectivity index (χ0n) is 13.1. The first-order valence-corrected chi connectivity index (χ1v) is 8.99. The number of aliphatic hydroxyl groups excluding tert-OH is 1. The molecule has 1 heterocycles. The normalized spacial score (nSPS) is 31.4. The van der Waals surface area contributed by atoms with E-state index in [1.54, 1.807) is 0 Å². The largest absolute Gasteiger partial charge is 0.396 e. The average Bonchev–Trinajstić information content (AvgIpc) is 2.52. The predicted molar refractivity (Wildman–Crippen MR) is 84.9 cm³/mol. The number of hydrogen-bond acceptors (Lipinski definition) is 3. The Balaban J connectivity index is 1.67. The zero-order valence-corrected chi connectivity index (χ0v) is 13.1. The molecule has 3 N–H and O–H groups in total. The summed E-state index contributed by atoms with van der Waals surface area (Å²) in [4.78, 5) is 0. The van der Waals surface area contributed by atoms with Crippen LogP contribution in [0.3, 0.4) is 0 Å². The molecule has 2 aliphatic rings. The lowest BCUT2D eigenvalue weighted by Gasteiger charge is -2.40. The van der Waals surface area contributed by atoms with Gasteiger partial charge in [0.25, 0.3) is 0 Å². The van der Waals surface area contributed by atoms with Crippen molar-refractivity contribution in [2.75, 3.05) is 19.7 Å². The summed E-state index contributed by atoms with van der Waals surface area (Å²) in [6.07, 6.45) is 14.5. The molecule has 0 aromatic heterocycles. The summed E-state index contributed by atoms with van der Waals surface area (Å²) in [5, 5.41) is 16.4. The SMILES string of the molecule is OCCCCCCNC1CCCCC1C1CCCCN1. The van der Waals surface area contributed by atoms with Gasteiger partial charge in [0.1, 0.15) is 0 Å². The summed E-state index contributed by atoms with van der Waals surface area (Å²) in [7, 11) is 0. The van der Waals surface area contributed by atoms with Crippen LogP contribution >= 0.6 is 0 Å². The van der Waals surface area contributed by atoms with Crippen LogP contribution in [0.15, 0.2) is 0 Å². The maximum atomic E-state index is 8.78. The Labute approximate surface area is 124 Å². The number of hydrogen-bond donors (Lipinski definition) is 3. The highest BCUT2D eigenvalue weighted by Gasteiger charge is 2.31. The van der Waals surface area contributed by atoms with Gasteiger partial charge in [-0.3, -0.25) is 0 Å². The van der Waals surface area contributed by atoms with Crippen LogP contribution < -0.4 is 10.6 Å². The number of piperidine rings is 1. The third kappa shape index (κ3) is 5.34. The maximum absolute atomic E-state index is 8.78. The van der Waals surface area contributed by atoms with E-state index >= 15 is 0 Å². The Hall–Kier alpha value is -0.120.